The second kappa shape index (κ2) is 4.78. The summed E-state index contributed by atoms with van der Waals surface area (Å²) in [5.41, 5.74) is 0.953. The number of hydrogen-bond donors (Lipinski definition) is 2. The maximum absolute atomic E-state index is 12.2. The zero-order chi connectivity index (χ0) is 13.5. The highest BCUT2D eigenvalue weighted by Gasteiger charge is 2.52. The Balaban J connectivity index is 2.38. The third-order valence-corrected chi connectivity index (χ3v) is 5.00. The van der Waals surface area contributed by atoms with Crippen LogP contribution in [0.5, 0.6) is 0 Å². The number of fused-ring (bicyclic) bond motifs is 1. The maximum Gasteiger partial charge on any atom is 0.159 e. The lowest BCUT2D eigenvalue weighted by Gasteiger charge is -2.51. The van der Waals surface area contributed by atoms with Crippen molar-refractivity contribution in [2.24, 2.45) is 17.3 Å². The van der Waals surface area contributed by atoms with Crippen LogP contribution in [0.15, 0.2) is 11.6 Å². The lowest BCUT2D eigenvalue weighted by molar-refractivity contribution is -0.140. The molecule has 5 atom stereocenters. The Bertz CT molecular complexity index is 374. The zero-order valence-electron chi connectivity index (χ0n) is 11.5. The van der Waals surface area contributed by atoms with Crippen LogP contribution < -0.4 is 0 Å². The van der Waals surface area contributed by atoms with Crippen molar-refractivity contribution in [1.82, 2.24) is 0 Å². The van der Waals surface area contributed by atoms with Crippen LogP contribution >= 0.6 is 0 Å². The van der Waals surface area contributed by atoms with Crippen molar-refractivity contribution < 1.29 is 15.0 Å². The van der Waals surface area contributed by atoms with E-state index in [0.29, 0.717) is 18.8 Å². The van der Waals surface area contributed by atoms with E-state index in [1.165, 1.54) is 0 Å². The third kappa shape index (κ3) is 2.04. The van der Waals surface area contributed by atoms with Gasteiger partial charge in [-0.1, -0.05) is 25.8 Å². The molecule has 0 spiro atoms. The first-order chi connectivity index (χ1) is 8.40. The number of aliphatic hydroxyl groups is 2. The molecule has 0 aromatic rings. The number of ketones is 1. The van der Waals surface area contributed by atoms with Crippen LogP contribution in [-0.4, -0.2) is 28.2 Å². The number of aliphatic hydroxyl groups excluding tert-OH is 2. The van der Waals surface area contributed by atoms with Crippen LogP contribution in [0.25, 0.3) is 0 Å². The Morgan fingerprint density at radius 2 is 2.06 bits per heavy atom. The topological polar surface area (TPSA) is 57.5 Å². The van der Waals surface area contributed by atoms with Crippen LogP contribution in [0.2, 0.25) is 0 Å². The lowest BCUT2D eigenvalue weighted by atomic mass is 9.53. The molecule has 2 rings (SSSR count). The second-order valence-corrected chi connectivity index (χ2v) is 6.26. The largest absolute Gasteiger partial charge is 0.390 e. The molecule has 3 nitrogen and oxygen atoms in total. The highest BCUT2D eigenvalue weighted by Crippen LogP contribution is 2.53. The minimum absolute atomic E-state index is 0.129. The van der Waals surface area contributed by atoms with Gasteiger partial charge in [-0.05, 0) is 43.6 Å². The fourth-order valence-corrected chi connectivity index (χ4v) is 4.01. The standard InChI is InChI=1S/C15H24O3/c1-4-5-10-9(2)6-12(16)11-7-13(17)14(18)8-15(10,11)3/h6,10-11,13-14,17-18H,4-5,7-8H2,1-3H3. The summed E-state index contributed by atoms with van der Waals surface area (Å²) in [6.07, 6.45) is 3.37. The van der Waals surface area contributed by atoms with Gasteiger partial charge in [-0.2, -0.15) is 0 Å². The van der Waals surface area contributed by atoms with Crippen molar-refractivity contribution in [1.29, 1.82) is 0 Å². The molecule has 102 valence electrons. The molecule has 0 amide bonds. The van der Waals surface area contributed by atoms with E-state index in [-0.39, 0.29) is 17.1 Å². The van der Waals surface area contributed by atoms with E-state index in [4.69, 9.17) is 0 Å². The summed E-state index contributed by atoms with van der Waals surface area (Å²) in [5, 5.41) is 19.8. The molecular weight excluding hydrogens is 228 g/mol. The monoisotopic (exact) mass is 252 g/mol. The Morgan fingerprint density at radius 1 is 1.39 bits per heavy atom. The van der Waals surface area contributed by atoms with E-state index >= 15 is 0 Å². The number of allylic oxidation sites excluding steroid dienone is 2. The van der Waals surface area contributed by atoms with Crippen molar-refractivity contribution in [2.75, 3.05) is 0 Å². The highest BCUT2D eigenvalue weighted by atomic mass is 16.3. The molecule has 0 aromatic carbocycles. The molecule has 0 aromatic heterocycles. The molecule has 2 aliphatic carbocycles. The third-order valence-electron chi connectivity index (χ3n) is 5.00. The smallest absolute Gasteiger partial charge is 0.159 e. The summed E-state index contributed by atoms with van der Waals surface area (Å²) in [6.45, 7) is 6.29. The van der Waals surface area contributed by atoms with E-state index in [1.807, 2.05) is 6.92 Å². The SMILES string of the molecule is CCCC1C(C)=CC(=O)C2CC(O)C(O)CC21C. The molecule has 0 heterocycles. The van der Waals surface area contributed by atoms with Gasteiger partial charge < -0.3 is 10.2 Å². The van der Waals surface area contributed by atoms with Gasteiger partial charge in [-0.25, -0.2) is 0 Å². The van der Waals surface area contributed by atoms with Crippen molar-refractivity contribution in [3.8, 4) is 0 Å². The molecule has 5 unspecified atom stereocenters. The van der Waals surface area contributed by atoms with Gasteiger partial charge in [0, 0.05) is 5.92 Å². The minimum atomic E-state index is -0.749. The first kappa shape index (κ1) is 13.8. The molecule has 3 heteroatoms. The van der Waals surface area contributed by atoms with Gasteiger partial charge in [0.15, 0.2) is 5.78 Å². The Labute approximate surface area is 109 Å². The van der Waals surface area contributed by atoms with Gasteiger partial charge >= 0.3 is 0 Å². The summed E-state index contributed by atoms with van der Waals surface area (Å²) in [5.74, 6) is 0.358. The maximum atomic E-state index is 12.2. The second-order valence-electron chi connectivity index (χ2n) is 6.26. The van der Waals surface area contributed by atoms with Gasteiger partial charge in [0.1, 0.15) is 0 Å². The average molecular weight is 252 g/mol. The average Bonchev–Trinajstić information content (AvgIpc) is 2.28. The first-order valence-corrected chi connectivity index (χ1v) is 6.98. The van der Waals surface area contributed by atoms with Gasteiger partial charge in [-0.15, -0.1) is 0 Å². The first-order valence-electron chi connectivity index (χ1n) is 6.98. The molecule has 1 fully saturated rings. The van der Waals surface area contributed by atoms with E-state index in [2.05, 4.69) is 13.8 Å². The number of rotatable bonds is 2. The van der Waals surface area contributed by atoms with Crippen molar-refractivity contribution in [3.63, 3.8) is 0 Å². The van der Waals surface area contributed by atoms with Gasteiger partial charge in [0.05, 0.1) is 12.2 Å². The summed E-state index contributed by atoms with van der Waals surface area (Å²) in [6, 6.07) is 0. The fourth-order valence-electron chi connectivity index (χ4n) is 4.01. The Hall–Kier alpha value is -0.670. The summed E-state index contributed by atoms with van der Waals surface area (Å²) < 4.78 is 0. The predicted octanol–water partition coefficient (Wildman–Crippen LogP) is 2.07. The summed E-state index contributed by atoms with van der Waals surface area (Å²) in [7, 11) is 0. The molecule has 1 saturated carbocycles. The van der Waals surface area contributed by atoms with Crippen molar-refractivity contribution >= 4 is 5.78 Å². The molecule has 18 heavy (non-hydrogen) atoms. The van der Waals surface area contributed by atoms with Crippen molar-refractivity contribution in [2.45, 2.75) is 58.7 Å². The quantitative estimate of drug-likeness (QED) is 0.791. The molecule has 0 saturated heterocycles. The van der Waals surface area contributed by atoms with Crippen LogP contribution in [0.3, 0.4) is 0 Å². The van der Waals surface area contributed by atoms with E-state index in [0.717, 1.165) is 18.4 Å². The van der Waals surface area contributed by atoms with Gasteiger partial charge in [0.2, 0.25) is 0 Å². The van der Waals surface area contributed by atoms with E-state index in [9.17, 15) is 15.0 Å². The molecule has 2 aliphatic rings. The number of carbonyl (C=O) groups is 1. The predicted molar refractivity (Wildman–Crippen MR) is 70.0 cm³/mol. The zero-order valence-corrected chi connectivity index (χ0v) is 11.5. The molecular formula is C15H24O3. The number of carbonyl (C=O) groups excluding carboxylic acids is 1. The summed E-state index contributed by atoms with van der Waals surface area (Å²) >= 11 is 0. The van der Waals surface area contributed by atoms with Crippen molar-refractivity contribution in [3.05, 3.63) is 11.6 Å². The van der Waals surface area contributed by atoms with E-state index < -0.39 is 12.2 Å². The Kier molecular flexibility index (Phi) is 3.65. The summed E-state index contributed by atoms with van der Waals surface area (Å²) in [4.78, 5) is 12.2. The molecule has 0 aliphatic heterocycles. The lowest BCUT2D eigenvalue weighted by Crippen LogP contribution is -2.53. The van der Waals surface area contributed by atoms with Crippen LogP contribution in [0.1, 0.15) is 46.5 Å². The van der Waals surface area contributed by atoms with Gasteiger partial charge in [0.25, 0.3) is 0 Å². The minimum Gasteiger partial charge on any atom is -0.390 e. The van der Waals surface area contributed by atoms with Crippen LogP contribution in [-0.2, 0) is 4.79 Å². The highest BCUT2D eigenvalue weighted by molar-refractivity contribution is 5.94. The normalized spacial score (nSPS) is 44.5. The molecule has 0 radical (unpaired) electrons. The molecule has 2 N–H and O–H groups in total. The van der Waals surface area contributed by atoms with E-state index in [1.54, 1.807) is 6.08 Å². The van der Waals surface area contributed by atoms with Crippen LogP contribution in [0, 0.1) is 17.3 Å². The van der Waals surface area contributed by atoms with Crippen LogP contribution in [0.4, 0.5) is 0 Å². The Morgan fingerprint density at radius 3 is 2.67 bits per heavy atom. The number of hydrogen-bond acceptors (Lipinski definition) is 3. The molecule has 0 bridgehead atoms. The fraction of sp³-hybridized carbons (Fsp3) is 0.800. The van der Waals surface area contributed by atoms with Gasteiger partial charge in [-0.3, -0.25) is 4.79 Å².